The molecule has 1 fully saturated rings. The highest BCUT2D eigenvalue weighted by Crippen LogP contribution is 2.32. The Hall–Kier alpha value is -2.30. The number of benzene rings is 1. The van der Waals surface area contributed by atoms with Gasteiger partial charge in [0.25, 0.3) is 0 Å². The molecule has 0 saturated carbocycles. The van der Waals surface area contributed by atoms with Crippen LogP contribution in [-0.2, 0) is 9.59 Å². The molecule has 0 radical (unpaired) electrons. The fourth-order valence-corrected chi connectivity index (χ4v) is 2.64. The van der Waals surface area contributed by atoms with Crippen molar-refractivity contribution in [3.63, 3.8) is 0 Å². The van der Waals surface area contributed by atoms with Gasteiger partial charge in [0, 0.05) is 18.9 Å². The highest BCUT2D eigenvalue weighted by molar-refractivity contribution is 5.80. The van der Waals surface area contributed by atoms with Crippen molar-refractivity contribution in [2.75, 3.05) is 13.7 Å². The van der Waals surface area contributed by atoms with Gasteiger partial charge in [0.2, 0.25) is 5.91 Å². The maximum Gasteiger partial charge on any atom is 0.305 e. The zero-order chi connectivity index (χ0) is 15.4. The minimum Gasteiger partial charge on any atom is -0.497 e. The van der Waals surface area contributed by atoms with E-state index in [-0.39, 0.29) is 18.2 Å². The standard InChI is InChI=1S/C16H19NO4/c1-3-11-7-15(18)17(10-11)14(9-16(19)20)12-5-4-6-13(8-12)21-2/h3-6,8,11,14H,1,7,9-10H2,2H3,(H,19,20). The van der Waals surface area contributed by atoms with Crippen LogP contribution in [0, 0.1) is 5.92 Å². The third-order valence-corrected chi connectivity index (χ3v) is 3.74. The van der Waals surface area contributed by atoms with E-state index in [4.69, 9.17) is 9.84 Å². The summed E-state index contributed by atoms with van der Waals surface area (Å²) < 4.78 is 5.17. The van der Waals surface area contributed by atoms with Crippen molar-refractivity contribution in [1.82, 2.24) is 4.90 Å². The topological polar surface area (TPSA) is 66.8 Å². The lowest BCUT2D eigenvalue weighted by atomic mass is 10.0. The van der Waals surface area contributed by atoms with E-state index in [9.17, 15) is 9.59 Å². The Balaban J connectivity index is 2.31. The summed E-state index contributed by atoms with van der Waals surface area (Å²) >= 11 is 0. The smallest absolute Gasteiger partial charge is 0.305 e. The van der Waals surface area contributed by atoms with Gasteiger partial charge < -0.3 is 14.7 Å². The van der Waals surface area contributed by atoms with Crippen LogP contribution in [0.4, 0.5) is 0 Å². The molecule has 21 heavy (non-hydrogen) atoms. The van der Waals surface area contributed by atoms with Gasteiger partial charge >= 0.3 is 5.97 Å². The predicted octanol–water partition coefficient (Wildman–Crippen LogP) is 2.25. The number of aliphatic carboxylic acids is 1. The van der Waals surface area contributed by atoms with Gasteiger partial charge in [-0.2, -0.15) is 0 Å². The number of ether oxygens (including phenoxy) is 1. The van der Waals surface area contributed by atoms with Crippen LogP contribution in [0.15, 0.2) is 36.9 Å². The Bertz CT molecular complexity index is 555. The fraction of sp³-hybridized carbons (Fsp3) is 0.375. The molecule has 1 saturated heterocycles. The number of nitrogens with zero attached hydrogens (tertiary/aromatic N) is 1. The number of hydrogen-bond acceptors (Lipinski definition) is 3. The summed E-state index contributed by atoms with van der Waals surface area (Å²) in [6.45, 7) is 4.23. The summed E-state index contributed by atoms with van der Waals surface area (Å²) in [5, 5.41) is 9.15. The lowest BCUT2D eigenvalue weighted by molar-refractivity contribution is -0.139. The van der Waals surface area contributed by atoms with E-state index in [1.807, 2.05) is 6.07 Å². The summed E-state index contributed by atoms with van der Waals surface area (Å²) in [6.07, 6.45) is 2.02. The number of carbonyl (C=O) groups is 2. The van der Waals surface area contributed by atoms with E-state index in [2.05, 4.69) is 6.58 Å². The second kappa shape index (κ2) is 6.43. The Morgan fingerprint density at radius 3 is 2.95 bits per heavy atom. The van der Waals surface area contributed by atoms with E-state index in [0.717, 1.165) is 5.56 Å². The van der Waals surface area contributed by atoms with Crippen molar-refractivity contribution in [3.05, 3.63) is 42.5 Å². The molecule has 0 aromatic heterocycles. The van der Waals surface area contributed by atoms with E-state index in [1.54, 1.807) is 36.3 Å². The molecule has 0 aliphatic carbocycles. The number of hydrogen-bond donors (Lipinski definition) is 1. The maximum atomic E-state index is 12.1. The minimum atomic E-state index is -0.933. The summed E-state index contributed by atoms with van der Waals surface area (Å²) in [4.78, 5) is 24.9. The van der Waals surface area contributed by atoms with Crippen molar-refractivity contribution in [2.45, 2.75) is 18.9 Å². The van der Waals surface area contributed by atoms with E-state index < -0.39 is 12.0 Å². The molecule has 112 valence electrons. The zero-order valence-corrected chi connectivity index (χ0v) is 12.0. The number of rotatable bonds is 6. The SMILES string of the molecule is C=CC1CC(=O)N(C(CC(=O)O)c2cccc(OC)c2)C1. The third kappa shape index (κ3) is 3.42. The van der Waals surface area contributed by atoms with Crippen LogP contribution < -0.4 is 4.74 Å². The van der Waals surface area contributed by atoms with Gasteiger partial charge in [-0.05, 0) is 17.7 Å². The lowest BCUT2D eigenvalue weighted by Crippen LogP contribution is -2.31. The first-order valence-corrected chi connectivity index (χ1v) is 6.83. The fourth-order valence-electron chi connectivity index (χ4n) is 2.64. The van der Waals surface area contributed by atoms with Crippen LogP contribution in [0.1, 0.15) is 24.4 Å². The van der Waals surface area contributed by atoms with Crippen LogP contribution in [0.5, 0.6) is 5.75 Å². The average Bonchev–Trinajstić information content (AvgIpc) is 2.85. The van der Waals surface area contributed by atoms with E-state index in [1.165, 1.54) is 0 Å². The molecule has 0 spiro atoms. The average molecular weight is 289 g/mol. The summed E-state index contributed by atoms with van der Waals surface area (Å²) in [5.74, 6) is -0.235. The second-order valence-electron chi connectivity index (χ2n) is 5.14. The van der Waals surface area contributed by atoms with Crippen molar-refractivity contribution >= 4 is 11.9 Å². The molecule has 1 aliphatic rings. The van der Waals surface area contributed by atoms with Crippen molar-refractivity contribution < 1.29 is 19.4 Å². The first kappa shape index (κ1) is 15.1. The molecule has 1 aromatic rings. The first-order valence-electron chi connectivity index (χ1n) is 6.83. The summed E-state index contributed by atoms with van der Waals surface area (Å²) in [6, 6.07) is 6.72. The quantitative estimate of drug-likeness (QED) is 0.816. The Kier molecular flexibility index (Phi) is 4.62. The number of methoxy groups -OCH3 is 1. The summed E-state index contributed by atoms with van der Waals surface area (Å²) in [5.41, 5.74) is 0.773. The molecular weight excluding hydrogens is 270 g/mol. The van der Waals surface area contributed by atoms with Crippen LogP contribution in [0.25, 0.3) is 0 Å². The van der Waals surface area contributed by atoms with Gasteiger partial charge in [-0.25, -0.2) is 0 Å². The number of likely N-dealkylation sites (tertiary alicyclic amines) is 1. The van der Waals surface area contributed by atoms with Gasteiger partial charge in [0.15, 0.2) is 0 Å². The van der Waals surface area contributed by atoms with Crippen LogP contribution in [0.2, 0.25) is 0 Å². The van der Waals surface area contributed by atoms with Gasteiger partial charge in [-0.15, -0.1) is 6.58 Å². The highest BCUT2D eigenvalue weighted by Gasteiger charge is 2.34. The Morgan fingerprint density at radius 1 is 1.62 bits per heavy atom. The first-order chi connectivity index (χ1) is 10.0. The third-order valence-electron chi connectivity index (χ3n) is 3.74. The lowest BCUT2D eigenvalue weighted by Gasteiger charge is -2.27. The molecule has 2 atom stereocenters. The Labute approximate surface area is 123 Å². The van der Waals surface area contributed by atoms with Crippen molar-refractivity contribution in [3.8, 4) is 5.75 Å². The van der Waals surface area contributed by atoms with Crippen LogP contribution in [-0.4, -0.2) is 35.5 Å². The monoisotopic (exact) mass is 289 g/mol. The summed E-state index contributed by atoms with van der Waals surface area (Å²) in [7, 11) is 1.56. The molecule has 1 aromatic carbocycles. The maximum absolute atomic E-state index is 12.1. The Morgan fingerprint density at radius 2 is 2.38 bits per heavy atom. The van der Waals surface area contributed by atoms with Gasteiger partial charge in [0.05, 0.1) is 19.6 Å². The molecular formula is C16H19NO4. The molecule has 2 unspecified atom stereocenters. The zero-order valence-electron chi connectivity index (χ0n) is 12.0. The molecule has 2 rings (SSSR count). The largest absolute Gasteiger partial charge is 0.497 e. The van der Waals surface area contributed by atoms with Crippen molar-refractivity contribution in [1.29, 1.82) is 0 Å². The van der Waals surface area contributed by atoms with Crippen LogP contribution >= 0.6 is 0 Å². The predicted molar refractivity (Wildman–Crippen MR) is 78.0 cm³/mol. The van der Waals surface area contributed by atoms with Crippen LogP contribution in [0.3, 0.4) is 0 Å². The molecule has 1 amide bonds. The molecule has 5 heteroatoms. The molecule has 1 heterocycles. The van der Waals surface area contributed by atoms with E-state index >= 15 is 0 Å². The number of carboxylic acids is 1. The van der Waals surface area contributed by atoms with Gasteiger partial charge in [0.1, 0.15) is 5.75 Å². The normalized spacial score (nSPS) is 19.4. The van der Waals surface area contributed by atoms with Gasteiger partial charge in [-0.1, -0.05) is 18.2 Å². The number of carboxylic acid groups (broad SMARTS) is 1. The molecule has 1 N–H and O–H groups in total. The number of amides is 1. The van der Waals surface area contributed by atoms with Gasteiger partial charge in [-0.3, -0.25) is 9.59 Å². The molecule has 5 nitrogen and oxygen atoms in total. The number of carbonyl (C=O) groups excluding carboxylic acids is 1. The molecule has 0 bridgehead atoms. The van der Waals surface area contributed by atoms with Crippen molar-refractivity contribution in [2.24, 2.45) is 5.92 Å². The minimum absolute atomic E-state index is 0.0334. The van der Waals surface area contributed by atoms with E-state index in [0.29, 0.717) is 18.7 Å². The highest BCUT2D eigenvalue weighted by atomic mass is 16.5. The second-order valence-corrected chi connectivity index (χ2v) is 5.14. The molecule has 1 aliphatic heterocycles.